The fraction of sp³-hybridized carbons (Fsp3) is 0.227. The van der Waals surface area contributed by atoms with Crippen molar-refractivity contribution in [2.75, 3.05) is 13.1 Å². The molecule has 4 atom stereocenters. The zero-order valence-corrected chi connectivity index (χ0v) is 31.7. The van der Waals surface area contributed by atoms with Crippen LogP contribution in [0.4, 0.5) is 0 Å². The molecule has 282 valence electrons. The van der Waals surface area contributed by atoms with Crippen molar-refractivity contribution in [2.24, 2.45) is 0 Å². The molecule has 0 bridgehead atoms. The van der Waals surface area contributed by atoms with Gasteiger partial charge in [-0.2, -0.15) is 0 Å². The Labute approximate surface area is 332 Å². The Balaban J connectivity index is 0.905. The molecule has 7 aromatic rings. The van der Waals surface area contributed by atoms with Crippen molar-refractivity contribution in [2.45, 2.75) is 50.0 Å². The molecule has 9 rings (SSSR count). The van der Waals surface area contributed by atoms with Crippen LogP contribution in [0.3, 0.4) is 0 Å². The molecule has 2 aliphatic heterocycles. The number of halogens is 2. The Morgan fingerprint density at radius 2 is 1.00 bits per heavy atom. The van der Waals surface area contributed by atoms with Crippen molar-refractivity contribution >= 4 is 57.1 Å². The Morgan fingerprint density at radius 1 is 0.589 bits per heavy atom. The Morgan fingerprint density at radius 3 is 1.41 bits per heavy atom. The first-order valence-corrected chi connectivity index (χ1v) is 19.5. The summed E-state index contributed by atoms with van der Waals surface area (Å²) in [4.78, 5) is 46.9. The molecule has 2 fully saturated rings. The zero-order valence-electron chi connectivity index (χ0n) is 30.2. The number of nitrogens with one attached hydrogen (secondary N) is 2. The fourth-order valence-corrected chi connectivity index (χ4v) is 8.57. The summed E-state index contributed by atoms with van der Waals surface area (Å²) in [5.74, 6) is 0.691. The molecule has 5 aromatic carbocycles. The van der Waals surface area contributed by atoms with E-state index in [-0.39, 0.29) is 23.9 Å². The summed E-state index contributed by atoms with van der Waals surface area (Å²) in [6.45, 7) is 1.09. The van der Waals surface area contributed by atoms with E-state index in [9.17, 15) is 19.8 Å². The minimum Gasteiger partial charge on any atom is -0.378 e. The van der Waals surface area contributed by atoms with E-state index in [1.54, 1.807) is 58.3 Å². The molecule has 0 radical (unpaired) electrons. The number of aliphatic hydroxyl groups is 2. The second kappa shape index (κ2) is 14.9. The number of hydrogen-bond donors (Lipinski definition) is 4. The molecule has 2 saturated heterocycles. The molecule has 2 aliphatic rings. The molecule has 0 spiro atoms. The summed E-state index contributed by atoms with van der Waals surface area (Å²) in [5.41, 5.74) is 8.46. The predicted molar refractivity (Wildman–Crippen MR) is 217 cm³/mol. The Hall–Kier alpha value is -5.52. The normalized spacial score (nSPS) is 18.2. The van der Waals surface area contributed by atoms with Crippen LogP contribution in [0.1, 0.15) is 72.8 Å². The maximum Gasteiger partial charge on any atom is 0.256 e. The topological polar surface area (TPSA) is 138 Å². The maximum atomic E-state index is 13.4. The number of amides is 2. The highest BCUT2D eigenvalue weighted by Crippen LogP contribution is 2.37. The van der Waals surface area contributed by atoms with E-state index in [1.807, 2.05) is 24.3 Å². The highest BCUT2D eigenvalue weighted by molar-refractivity contribution is 6.31. The number of rotatable bonds is 8. The van der Waals surface area contributed by atoms with E-state index < -0.39 is 12.2 Å². The van der Waals surface area contributed by atoms with Crippen molar-refractivity contribution in [3.05, 3.63) is 142 Å². The quantitative estimate of drug-likeness (QED) is 0.122. The third kappa shape index (κ3) is 6.83. The Bertz CT molecular complexity index is 2430. The lowest BCUT2D eigenvalue weighted by atomic mass is 10.00. The molecule has 4 heterocycles. The van der Waals surface area contributed by atoms with Gasteiger partial charge in [-0.05, 0) is 108 Å². The highest BCUT2D eigenvalue weighted by Gasteiger charge is 2.37. The SMILES string of the molecule is O=C([C@H](O)c1cccc(Cl)c1)N1CCC[C@H]1c1nc2ccc(-c3ccc(-c4ccc5nc([C@@H]6CCCN6C(=O)[C@H](O)c6cccc(Cl)c6)[nH]c5c4)cc3)cc2[nH]1. The summed E-state index contributed by atoms with van der Waals surface area (Å²) in [5, 5.41) is 22.7. The second-order valence-corrected chi connectivity index (χ2v) is 15.5. The van der Waals surface area contributed by atoms with Gasteiger partial charge in [-0.3, -0.25) is 9.59 Å². The van der Waals surface area contributed by atoms with E-state index in [1.165, 1.54) is 0 Å². The average molecular weight is 786 g/mol. The average Bonchev–Trinajstić information content (AvgIpc) is 4.05. The predicted octanol–water partition coefficient (Wildman–Crippen LogP) is 8.87. The molecule has 10 nitrogen and oxygen atoms in total. The van der Waals surface area contributed by atoms with Crippen LogP contribution >= 0.6 is 23.2 Å². The van der Waals surface area contributed by atoms with Crippen LogP contribution in [0.25, 0.3) is 44.3 Å². The van der Waals surface area contributed by atoms with Crippen LogP contribution in [0.15, 0.2) is 109 Å². The van der Waals surface area contributed by atoms with Crippen LogP contribution in [0.2, 0.25) is 10.0 Å². The van der Waals surface area contributed by atoms with Gasteiger partial charge in [0.05, 0.1) is 34.2 Å². The molecule has 4 N–H and O–H groups in total. The number of nitrogens with zero attached hydrogens (tertiary/aromatic N) is 4. The summed E-state index contributed by atoms with van der Waals surface area (Å²) in [7, 11) is 0. The number of fused-ring (bicyclic) bond motifs is 2. The van der Waals surface area contributed by atoms with Gasteiger partial charge >= 0.3 is 0 Å². The summed E-state index contributed by atoms with van der Waals surface area (Å²) < 4.78 is 0. The van der Waals surface area contributed by atoms with Gasteiger partial charge in [0.15, 0.2) is 12.2 Å². The molecule has 0 aliphatic carbocycles. The van der Waals surface area contributed by atoms with E-state index in [0.717, 1.165) is 70.0 Å². The van der Waals surface area contributed by atoms with Gasteiger partial charge in [0.1, 0.15) is 11.6 Å². The minimum atomic E-state index is -1.30. The molecule has 0 saturated carbocycles. The lowest BCUT2D eigenvalue weighted by Gasteiger charge is -2.26. The smallest absolute Gasteiger partial charge is 0.256 e. The van der Waals surface area contributed by atoms with Gasteiger partial charge in [0, 0.05) is 23.1 Å². The van der Waals surface area contributed by atoms with Gasteiger partial charge in [0.25, 0.3) is 11.8 Å². The van der Waals surface area contributed by atoms with Crippen molar-refractivity contribution in [1.82, 2.24) is 29.7 Å². The zero-order chi connectivity index (χ0) is 38.5. The number of likely N-dealkylation sites (tertiary alicyclic amines) is 2. The van der Waals surface area contributed by atoms with Crippen molar-refractivity contribution in [3.8, 4) is 22.3 Å². The summed E-state index contributed by atoms with van der Waals surface area (Å²) >= 11 is 12.2. The maximum absolute atomic E-state index is 13.4. The van der Waals surface area contributed by atoms with Crippen molar-refractivity contribution in [3.63, 3.8) is 0 Å². The standard InChI is InChI=1S/C44H38Cl2N6O4/c45-31-7-1-5-29(21-31)39(53)43(55)51-19-3-9-37(51)41-47-33-17-15-27(23-35(33)49-41)25-11-13-26(14-12-25)28-16-18-34-36(24-28)50-42(48-34)38-10-4-20-52(38)44(56)40(54)30-6-2-8-32(46)22-30/h1-2,5-8,11-18,21-24,37-40,53-54H,3-4,9-10,19-20H2,(H,47,49)(H,48,50)/t37-,38-,39+,40+/m0/s1. The first-order valence-electron chi connectivity index (χ1n) is 18.8. The first kappa shape index (κ1) is 36.1. The molecule has 56 heavy (non-hydrogen) atoms. The van der Waals surface area contributed by atoms with Gasteiger partial charge in [-0.1, -0.05) is 83.9 Å². The van der Waals surface area contributed by atoms with Crippen LogP contribution in [0, 0.1) is 0 Å². The van der Waals surface area contributed by atoms with Gasteiger partial charge < -0.3 is 30.0 Å². The molecular weight excluding hydrogens is 747 g/mol. The minimum absolute atomic E-state index is 0.262. The second-order valence-electron chi connectivity index (χ2n) is 14.6. The molecular formula is C44H38Cl2N6O4. The molecule has 0 unspecified atom stereocenters. The third-order valence-corrected chi connectivity index (χ3v) is 11.5. The molecule has 2 amide bonds. The first-order chi connectivity index (χ1) is 27.2. The van der Waals surface area contributed by atoms with E-state index >= 15 is 0 Å². The highest BCUT2D eigenvalue weighted by atomic mass is 35.5. The third-order valence-electron chi connectivity index (χ3n) is 11.1. The monoisotopic (exact) mass is 784 g/mol. The number of carbonyl (C=O) groups excluding carboxylic acids is 2. The summed E-state index contributed by atoms with van der Waals surface area (Å²) in [6.07, 6.45) is 0.545. The Kier molecular flexibility index (Phi) is 9.59. The van der Waals surface area contributed by atoms with Crippen LogP contribution in [-0.2, 0) is 9.59 Å². The molecule has 2 aromatic heterocycles. The lowest BCUT2D eigenvalue weighted by molar-refractivity contribution is -0.142. The van der Waals surface area contributed by atoms with Crippen molar-refractivity contribution in [1.29, 1.82) is 0 Å². The summed E-state index contributed by atoms with van der Waals surface area (Å²) in [6, 6.07) is 33.6. The van der Waals surface area contributed by atoms with Crippen molar-refractivity contribution < 1.29 is 19.8 Å². The number of hydrogen-bond acceptors (Lipinski definition) is 6. The van der Waals surface area contributed by atoms with Gasteiger partial charge in [-0.25, -0.2) is 9.97 Å². The van der Waals surface area contributed by atoms with Gasteiger partial charge in [0.2, 0.25) is 0 Å². The van der Waals surface area contributed by atoms with Gasteiger partial charge in [-0.15, -0.1) is 0 Å². The van der Waals surface area contributed by atoms with E-state index in [2.05, 4.69) is 46.4 Å². The molecule has 12 heteroatoms. The number of aromatic nitrogens is 4. The van der Waals surface area contributed by atoms with E-state index in [0.29, 0.717) is 45.9 Å². The van der Waals surface area contributed by atoms with Crippen LogP contribution in [0.5, 0.6) is 0 Å². The largest absolute Gasteiger partial charge is 0.378 e. The fourth-order valence-electron chi connectivity index (χ4n) is 8.17. The lowest BCUT2D eigenvalue weighted by Crippen LogP contribution is -2.35. The number of aromatic amines is 2. The number of imidazole rings is 2. The van der Waals surface area contributed by atoms with E-state index in [4.69, 9.17) is 33.2 Å². The number of H-pyrrole nitrogens is 2. The van der Waals surface area contributed by atoms with Crippen LogP contribution < -0.4 is 0 Å². The number of benzene rings is 5. The number of carbonyl (C=O) groups is 2. The van der Waals surface area contributed by atoms with Crippen LogP contribution in [-0.4, -0.2) is 64.9 Å². The number of aliphatic hydroxyl groups excluding tert-OH is 2.